The molecule has 19 heteroatoms. The molecule has 5 heterocycles. The Balaban J connectivity index is 1.15. The van der Waals surface area contributed by atoms with Crippen molar-refractivity contribution >= 4 is 60.8 Å². The summed E-state index contributed by atoms with van der Waals surface area (Å²) in [6.45, 7) is 2.75. The van der Waals surface area contributed by atoms with Crippen molar-refractivity contribution < 1.29 is 50.2 Å². The van der Waals surface area contributed by atoms with Gasteiger partial charge in [-0.3, -0.25) is 4.18 Å². The smallest absolute Gasteiger partial charge is 0.347 e. The number of rotatable bonds is 12. The number of aryl methyl sites for hydroxylation is 1. The first-order valence-corrected chi connectivity index (χ1v) is 24.7. The van der Waals surface area contributed by atoms with Gasteiger partial charge in [-0.1, -0.05) is 65.2 Å². The highest BCUT2D eigenvalue weighted by Gasteiger charge is 2.31. The molecule has 0 radical (unpaired) electrons. The van der Waals surface area contributed by atoms with Crippen LogP contribution in [0.2, 0.25) is 10.0 Å². The third-order valence-electron chi connectivity index (χ3n) is 11.0. The molecule has 0 aliphatic carbocycles. The van der Waals surface area contributed by atoms with Gasteiger partial charge in [0.15, 0.2) is 17.7 Å². The highest BCUT2D eigenvalue weighted by atomic mass is 35.5. The van der Waals surface area contributed by atoms with Gasteiger partial charge < -0.3 is 28.4 Å². The van der Waals surface area contributed by atoms with Crippen LogP contribution in [0.15, 0.2) is 127 Å². The summed E-state index contributed by atoms with van der Waals surface area (Å²) in [5.74, 6) is 0.572. The van der Waals surface area contributed by atoms with Crippen LogP contribution in [0.1, 0.15) is 23.7 Å². The van der Waals surface area contributed by atoms with E-state index in [0.29, 0.717) is 65.9 Å². The Kier molecular flexibility index (Phi) is 14.4. The van der Waals surface area contributed by atoms with E-state index in [0.717, 1.165) is 5.56 Å². The Hall–Kier alpha value is -6.89. The van der Waals surface area contributed by atoms with Gasteiger partial charge in [-0.2, -0.15) is 8.42 Å². The number of hydrogen-bond donors (Lipinski definition) is 0. The van der Waals surface area contributed by atoms with Gasteiger partial charge in [-0.15, -0.1) is 11.3 Å². The monoisotopic (exact) mass is 1020 g/mol. The van der Waals surface area contributed by atoms with Gasteiger partial charge in [-0.05, 0) is 97.8 Å². The van der Waals surface area contributed by atoms with E-state index in [4.69, 9.17) is 60.8 Å². The Morgan fingerprint density at radius 1 is 0.886 bits per heavy atom. The quantitative estimate of drug-likeness (QED) is 0.0837. The molecule has 10 rings (SSSR count). The fourth-order valence-corrected chi connectivity index (χ4v) is 10.3. The molecule has 2 aliphatic rings. The summed E-state index contributed by atoms with van der Waals surface area (Å²) in [5.41, 5.74) is 4.17. The molecule has 0 spiro atoms. The molecule has 14 nitrogen and oxygen atoms in total. The van der Waals surface area contributed by atoms with Gasteiger partial charge in [0.1, 0.15) is 54.0 Å². The van der Waals surface area contributed by atoms with Crippen molar-refractivity contribution in [3.8, 4) is 61.8 Å². The molecule has 0 fully saturated rings. The van der Waals surface area contributed by atoms with Crippen molar-refractivity contribution in [2.45, 2.75) is 44.0 Å². The molecule has 3 aromatic heterocycles. The van der Waals surface area contributed by atoms with Crippen LogP contribution in [-0.2, 0) is 36.9 Å². The molecular formula is C51H41Cl2FN4O10S2. The first-order valence-electron chi connectivity index (χ1n) is 21.7. The number of carbonyl (C=O) groups excluding carboxylic acids is 1. The summed E-state index contributed by atoms with van der Waals surface area (Å²) in [6.07, 6.45) is 0.368. The number of benzene rings is 5. The second-order valence-electron chi connectivity index (χ2n) is 15.7. The highest BCUT2D eigenvalue weighted by Crippen LogP contribution is 2.49. The molecule has 2 aliphatic heterocycles. The van der Waals surface area contributed by atoms with Crippen molar-refractivity contribution in [1.82, 2.24) is 19.9 Å². The van der Waals surface area contributed by atoms with Crippen LogP contribution < -0.4 is 23.7 Å². The molecular weight excluding hydrogens is 983 g/mol. The average Bonchev–Trinajstić information content (AvgIpc) is 3.76. The molecule has 8 aromatic rings. The number of carbonyl (C=O) groups is 1. The van der Waals surface area contributed by atoms with Gasteiger partial charge in [0, 0.05) is 28.6 Å². The fourth-order valence-electron chi connectivity index (χ4n) is 7.58. The van der Waals surface area contributed by atoms with Gasteiger partial charge in [0.05, 0.1) is 45.3 Å². The second kappa shape index (κ2) is 21.0. The number of nitrogens with zero attached hydrogens (tertiary/aromatic N) is 4. The van der Waals surface area contributed by atoms with Gasteiger partial charge >= 0.3 is 5.97 Å². The number of para-hydroxylation sites is 1. The maximum absolute atomic E-state index is 14.3. The third kappa shape index (κ3) is 10.6. The molecule has 4 bridgehead atoms. The van der Waals surface area contributed by atoms with E-state index >= 15 is 0 Å². The predicted octanol–water partition coefficient (Wildman–Crippen LogP) is 10.9. The zero-order valence-electron chi connectivity index (χ0n) is 37.6. The van der Waals surface area contributed by atoms with E-state index in [-0.39, 0.29) is 58.6 Å². The van der Waals surface area contributed by atoms with Crippen LogP contribution in [0, 0.1) is 12.7 Å². The number of fused-ring (bicyclic) bond motifs is 7. The maximum Gasteiger partial charge on any atom is 0.347 e. The second-order valence-corrected chi connectivity index (χ2v) is 19.2. The third-order valence-corrected chi connectivity index (χ3v) is 14.0. The lowest BCUT2D eigenvalue weighted by atomic mass is 9.99. The normalized spacial score (nSPS) is 14.8. The fraction of sp³-hybridized carbons (Fsp3) is 0.196. The number of thiophene rings is 1. The molecule has 70 heavy (non-hydrogen) atoms. The van der Waals surface area contributed by atoms with Crippen LogP contribution >= 0.6 is 34.5 Å². The van der Waals surface area contributed by atoms with Crippen molar-refractivity contribution in [3.05, 3.63) is 154 Å². The number of esters is 1. The minimum Gasteiger partial charge on any atom is -0.496 e. The predicted molar refractivity (Wildman–Crippen MR) is 262 cm³/mol. The van der Waals surface area contributed by atoms with Crippen LogP contribution in [0.4, 0.5) is 4.39 Å². The largest absolute Gasteiger partial charge is 0.496 e. The first-order chi connectivity index (χ1) is 33.9. The zero-order valence-corrected chi connectivity index (χ0v) is 40.7. The summed E-state index contributed by atoms with van der Waals surface area (Å²) in [7, 11) is -2.70. The Morgan fingerprint density at radius 3 is 2.41 bits per heavy atom. The van der Waals surface area contributed by atoms with E-state index in [9.17, 15) is 17.6 Å². The molecule has 358 valence electrons. The average molecular weight is 1020 g/mol. The highest BCUT2D eigenvalue weighted by molar-refractivity contribution is 7.86. The van der Waals surface area contributed by atoms with Crippen molar-refractivity contribution in [2.75, 3.05) is 26.9 Å². The van der Waals surface area contributed by atoms with Crippen molar-refractivity contribution in [1.29, 1.82) is 0 Å². The summed E-state index contributed by atoms with van der Waals surface area (Å²) < 4.78 is 83.7. The summed E-state index contributed by atoms with van der Waals surface area (Å²) >= 11 is 15.3. The lowest BCUT2D eigenvalue weighted by Crippen LogP contribution is -2.32. The Labute approximate surface area is 416 Å². The number of aromatic nitrogens is 4. The van der Waals surface area contributed by atoms with E-state index < -0.39 is 40.7 Å². The first kappa shape index (κ1) is 48.1. The Morgan fingerprint density at radius 2 is 1.66 bits per heavy atom. The molecule has 0 amide bonds. The number of methoxy groups -OCH3 is 1. The molecule has 0 unspecified atom stereocenters. The lowest BCUT2D eigenvalue weighted by molar-refractivity contribution is -0.151. The maximum atomic E-state index is 14.3. The number of ether oxygens (including phenoxy) is 6. The number of hydrogen-bond acceptors (Lipinski definition) is 15. The van der Waals surface area contributed by atoms with E-state index in [1.807, 2.05) is 31.2 Å². The summed E-state index contributed by atoms with van der Waals surface area (Å²) in [5, 5.41) is 0.504. The van der Waals surface area contributed by atoms with Crippen LogP contribution in [0.3, 0.4) is 0 Å². The lowest BCUT2D eigenvalue weighted by Gasteiger charge is -2.22. The van der Waals surface area contributed by atoms with Crippen molar-refractivity contribution in [2.24, 2.45) is 0 Å². The molecule has 0 saturated carbocycles. The van der Waals surface area contributed by atoms with E-state index in [2.05, 4.69) is 15.0 Å². The standard InChI is InChI=1S/C51H41Cl2FN4O10S2/c1-4-63-51(59)43-24-31-21-35(15-18-41(31)65-25-34-19-20-55-48(58-34)38-7-5-6-8-42(38)62-3)64-26-36(27-66-70(60,61)37-16-9-29(2)10-17-37)67-46-39(52)22-32(23-40(46)53)44-45-49(68-43)56-28-57-50(45)69-47(44)30-11-13-33(54)14-12-30/h5-23,28,36,43H,4,24-27H2,1-3H3/t36-,43+/m0/s1. The summed E-state index contributed by atoms with van der Waals surface area (Å²) in [6, 6.07) is 29.4. The van der Waals surface area contributed by atoms with Gasteiger partial charge in [0.2, 0.25) is 12.0 Å². The van der Waals surface area contributed by atoms with Crippen LogP contribution in [0.5, 0.6) is 28.9 Å². The minimum atomic E-state index is -4.27. The summed E-state index contributed by atoms with van der Waals surface area (Å²) in [4.78, 5) is 33.4. The molecule has 5 aromatic carbocycles. The van der Waals surface area contributed by atoms with Crippen molar-refractivity contribution in [3.63, 3.8) is 0 Å². The van der Waals surface area contributed by atoms with E-state index in [1.165, 1.54) is 41.9 Å². The van der Waals surface area contributed by atoms with Crippen LogP contribution in [0.25, 0.3) is 43.2 Å². The topological polar surface area (TPSA) is 167 Å². The SMILES string of the molecule is CCOC(=O)[C@H]1Cc2cc(ccc2OCc2ccnc(-c3ccccc3OC)n2)OC[C@@H](COS(=O)(=O)c2ccc(C)cc2)Oc2c(Cl)cc(cc2Cl)-c2c(-c3ccc(F)cc3)sc3ncnc(c23)O1. The van der Waals surface area contributed by atoms with Crippen LogP contribution in [-0.4, -0.2) is 73.5 Å². The van der Waals surface area contributed by atoms with Gasteiger partial charge in [-0.25, -0.2) is 29.1 Å². The molecule has 2 atom stereocenters. The van der Waals surface area contributed by atoms with Gasteiger partial charge in [0.25, 0.3) is 10.1 Å². The number of halogens is 3. The van der Waals surface area contributed by atoms with E-state index in [1.54, 1.807) is 80.9 Å². The molecule has 0 saturated heterocycles. The zero-order chi connectivity index (χ0) is 48.9. The molecule has 0 N–H and O–H groups in total. The minimum absolute atomic E-state index is 0.0127. The Bertz CT molecular complexity index is 3300.